The fourth-order valence-corrected chi connectivity index (χ4v) is 3.09. The Kier molecular flexibility index (Phi) is 6.09. The summed E-state index contributed by atoms with van der Waals surface area (Å²) in [5, 5.41) is 0. The van der Waals surface area contributed by atoms with Crippen LogP contribution in [0.3, 0.4) is 0 Å². The van der Waals surface area contributed by atoms with E-state index in [0.717, 1.165) is 30.5 Å². The summed E-state index contributed by atoms with van der Waals surface area (Å²) in [5.41, 5.74) is 1.35. The molecule has 0 aliphatic carbocycles. The summed E-state index contributed by atoms with van der Waals surface area (Å²) in [6.45, 7) is 9.72. The van der Waals surface area contributed by atoms with E-state index in [2.05, 4.69) is 0 Å². The number of hydrogen-bond acceptors (Lipinski definition) is 3. The highest BCUT2D eigenvalue weighted by Gasteiger charge is 2.28. The van der Waals surface area contributed by atoms with E-state index in [1.165, 1.54) is 0 Å². The van der Waals surface area contributed by atoms with Crippen LogP contribution in [0, 0.1) is 12.8 Å². The summed E-state index contributed by atoms with van der Waals surface area (Å²) in [6.07, 6.45) is 1.55. The molecule has 0 aromatic heterocycles. The van der Waals surface area contributed by atoms with Crippen LogP contribution in [-0.4, -0.2) is 54.1 Å². The highest BCUT2D eigenvalue weighted by Crippen LogP contribution is 2.21. The zero-order valence-electron chi connectivity index (χ0n) is 16.0. The number of benzene rings is 1. The molecule has 1 heterocycles. The van der Waals surface area contributed by atoms with Gasteiger partial charge in [-0.1, -0.05) is 17.7 Å². The fourth-order valence-electron chi connectivity index (χ4n) is 3.09. The van der Waals surface area contributed by atoms with Gasteiger partial charge in [-0.05, 0) is 58.6 Å². The van der Waals surface area contributed by atoms with Crippen LogP contribution < -0.4 is 0 Å². The maximum absolute atomic E-state index is 12.5. The molecule has 5 heteroatoms. The van der Waals surface area contributed by atoms with Crippen molar-refractivity contribution >= 4 is 12.0 Å². The molecule has 0 saturated carbocycles. The van der Waals surface area contributed by atoms with Crippen LogP contribution in [-0.2, 0) is 4.74 Å². The number of rotatable bonds is 3. The van der Waals surface area contributed by atoms with Crippen LogP contribution in [0.4, 0.5) is 4.79 Å². The summed E-state index contributed by atoms with van der Waals surface area (Å²) in [6, 6.07) is 7.68. The molecule has 0 N–H and O–H groups in total. The second-order valence-electron chi connectivity index (χ2n) is 7.97. The van der Waals surface area contributed by atoms with Crippen molar-refractivity contribution in [3.63, 3.8) is 0 Å². The molecule has 1 fully saturated rings. The number of ether oxygens (including phenoxy) is 1. The van der Waals surface area contributed by atoms with Gasteiger partial charge >= 0.3 is 6.09 Å². The van der Waals surface area contributed by atoms with Gasteiger partial charge in [0.2, 0.25) is 0 Å². The van der Waals surface area contributed by atoms with Gasteiger partial charge in [0.25, 0.3) is 5.91 Å². The second-order valence-corrected chi connectivity index (χ2v) is 7.97. The lowest BCUT2D eigenvalue weighted by Gasteiger charge is -2.34. The number of carbonyl (C=O) groups is 2. The molecule has 0 spiro atoms. The van der Waals surface area contributed by atoms with Crippen LogP contribution in [0.5, 0.6) is 0 Å². The number of carbonyl (C=O) groups excluding carboxylic acids is 2. The molecule has 0 atom stereocenters. The molecule has 1 aromatic rings. The Balaban J connectivity index is 1.83. The fraction of sp³-hybridized carbons (Fsp3) is 0.600. The molecule has 1 aliphatic rings. The first-order valence-corrected chi connectivity index (χ1v) is 8.96. The molecule has 0 unspecified atom stereocenters. The van der Waals surface area contributed by atoms with E-state index in [-0.39, 0.29) is 12.0 Å². The zero-order valence-corrected chi connectivity index (χ0v) is 16.0. The van der Waals surface area contributed by atoms with E-state index < -0.39 is 5.60 Å². The molecule has 2 rings (SSSR count). The van der Waals surface area contributed by atoms with E-state index in [9.17, 15) is 9.59 Å². The average molecular weight is 346 g/mol. The van der Waals surface area contributed by atoms with E-state index >= 15 is 0 Å². The third-order valence-corrected chi connectivity index (χ3v) is 4.41. The first-order chi connectivity index (χ1) is 11.7. The van der Waals surface area contributed by atoms with Gasteiger partial charge in [-0.2, -0.15) is 0 Å². The molecule has 138 valence electrons. The highest BCUT2D eigenvalue weighted by atomic mass is 16.6. The van der Waals surface area contributed by atoms with Crippen molar-refractivity contribution in [1.29, 1.82) is 0 Å². The van der Waals surface area contributed by atoms with Gasteiger partial charge < -0.3 is 14.5 Å². The standard InChI is InChI=1S/C20H30N2O3/c1-15-7-6-8-17(13-15)18(23)21(5)14-16-9-11-22(12-10-16)19(24)25-20(2,3)4/h6-8,13,16H,9-12,14H2,1-5H3. The quantitative estimate of drug-likeness (QED) is 0.838. The maximum Gasteiger partial charge on any atom is 0.410 e. The van der Waals surface area contributed by atoms with E-state index in [4.69, 9.17) is 4.74 Å². The Morgan fingerprint density at radius 3 is 2.44 bits per heavy atom. The van der Waals surface area contributed by atoms with Crippen LogP contribution >= 0.6 is 0 Å². The Hall–Kier alpha value is -2.04. The van der Waals surface area contributed by atoms with Crippen molar-refractivity contribution in [2.45, 2.75) is 46.1 Å². The molecule has 25 heavy (non-hydrogen) atoms. The number of aryl methyl sites for hydroxylation is 1. The second kappa shape index (κ2) is 7.89. The minimum Gasteiger partial charge on any atom is -0.444 e. The van der Waals surface area contributed by atoms with E-state index in [1.807, 2.05) is 59.0 Å². The van der Waals surface area contributed by atoms with Gasteiger partial charge in [-0.3, -0.25) is 4.79 Å². The molecular formula is C20H30N2O3. The molecule has 5 nitrogen and oxygen atoms in total. The summed E-state index contributed by atoms with van der Waals surface area (Å²) in [4.78, 5) is 28.2. The third-order valence-electron chi connectivity index (χ3n) is 4.41. The van der Waals surface area contributed by atoms with Crippen molar-refractivity contribution < 1.29 is 14.3 Å². The Morgan fingerprint density at radius 1 is 1.24 bits per heavy atom. The van der Waals surface area contributed by atoms with Gasteiger partial charge in [0.1, 0.15) is 5.60 Å². The minimum absolute atomic E-state index is 0.0540. The van der Waals surface area contributed by atoms with Crippen LogP contribution in [0.1, 0.15) is 49.5 Å². The molecule has 2 amide bonds. The smallest absolute Gasteiger partial charge is 0.410 e. The Labute approximate surface area is 150 Å². The maximum atomic E-state index is 12.5. The van der Waals surface area contributed by atoms with Crippen molar-refractivity contribution in [3.05, 3.63) is 35.4 Å². The largest absolute Gasteiger partial charge is 0.444 e. The number of likely N-dealkylation sites (tertiary alicyclic amines) is 1. The lowest BCUT2D eigenvalue weighted by molar-refractivity contribution is 0.0171. The molecule has 1 saturated heterocycles. The Bertz CT molecular complexity index is 614. The van der Waals surface area contributed by atoms with Gasteiger partial charge in [0, 0.05) is 32.2 Å². The summed E-state index contributed by atoms with van der Waals surface area (Å²) in [5.74, 6) is 0.468. The summed E-state index contributed by atoms with van der Waals surface area (Å²) >= 11 is 0. The Morgan fingerprint density at radius 2 is 1.88 bits per heavy atom. The van der Waals surface area contributed by atoms with Gasteiger partial charge in [0.15, 0.2) is 0 Å². The van der Waals surface area contributed by atoms with Crippen LogP contribution in [0.2, 0.25) is 0 Å². The molecule has 1 aromatic carbocycles. The predicted molar refractivity (Wildman–Crippen MR) is 98.7 cm³/mol. The third kappa shape index (κ3) is 5.76. The molecule has 0 radical (unpaired) electrons. The number of piperidine rings is 1. The van der Waals surface area contributed by atoms with Crippen LogP contribution in [0.15, 0.2) is 24.3 Å². The minimum atomic E-state index is -0.464. The average Bonchev–Trinajstić information content (AvgIpc) is 2.53. The molecular weight excluding hydrogens is 316 g/mol. The molecule has 1 aliphatic heterocycles. The normalized spacial score (nSPS) is 15.8. The monoisotopic (exact) mass is 346 g/mol. The van der Waals surface area contributed by atoms with Crippen molar-refractivity contribution in [3.8, 4) is 0 Å². The van der Waals surface area contributed by atoms with Crippen molar-refractivity contribution in [2.75, 3.05) is 26.7 Å². The summed E-state index contributed by atoms with van der Waals surface area (Å²) < 4.78 is 5.42. The zero-order chi connectivity index (χ0) is 18.6. The lowest BCUT2D eigenvalue weighted by Crippen LogP contribution is -2.44. The van der Waals surface area contributed by atoms with Gasteiger partial charge in [-0.15, -0.1) is 0 Å². The number of amides is 2. The van der Waals surface area contributed by atoms with E-state index in [0.29, 0.717) is 19.0 Å². The predicted octanol–water partition coefficient (Wildman–Crippen LogP) is 3.71. The summed E-state index contributed by atoms with van der Waals surface area (Å²) in [7, 11) is 1.85. The first-order valence-electron chi connectivity index (χ1n) is 8.96. The first kappa shape index (κ1) is 19.3. The van der Waals surface area contributed by atoms with Crippen molar-refractivity contribution in [1.82, 2.24) is 9.80 Å². The number of hydrogen-bond donors (Lipinski definition) is 0. The molecule has 0 bridgehead atoms. The SMILES string of the molecule is Cc1cccc(C(=O)N(C)CC2CCN(C(=O)OC(C)(C)C)CC2)c1. The highest BCUT2D eigenvalue weighted by molar-refractivity contribution is 5.94. The van der Waals surface area contributed by atoms with Gasteiger partial charge in [0.05, 0.1) is 0 Å². The lowest BCUT2D eigenvalue weighted by atomic mass is 9.96. The number of nitrogens with zero attached hydrogens (tertiary/aromatic N) is 2. The van der Waals surface area contributed by atoms with Crippen LogP contribution in [0.25, 0.3) is 0 Å². The van der Waals surface area contributed by atoms with Gasteiger partial charge in [-0.25, -0.2) is 4.79 Å². The van der Waals surface area contributed by atoms with E-state index in [1.54, 1.807) is 9.80 Å². The van der Waals surface area contributed by atoms with Crippen molar-refractivity contribution in [2.24, 2.45) is 5.92 Å². The topological polar surface area (TPSA) is 49.9 Å².